The zero-order chi connectivity index (χ0) is 11.0. The second kappa shape index (κ2) is 3.51. The van der Waals surface area contributed by atoms with Gasteiger partial charge in [0.15, 0.2) is 0 Å². The molecule has 0 fully saturated rings. The Balaban J connectivity index is 2.57. The molecule has 2 aromatic rings. The van der Waals surface area contributed by atoms with E-state index in [0.29, 0.717) is 6.54 Å². The Morgan fingerprint density at radius 1 is 1.20 bits per heavy atom. The molecule has 2 rings (SSSR count). The molecule has 0 unspecified atom stereocenters. The van der Waals surface area contributed by atoms with Crippen LogP contribution < -0.4 is 5.73 Å². The maximum Gasteiger partial charge on any atom is 0.100 e. The van der Waals surface area contributed by atoms with Gasteiger partial charge >= 0.3 is 0 Å². The fraction of sp³-hybridized carbons (Fsp3) is 0.400. The number of hydrogen-bond donors (Lipinski definition) is 1. The van der Waals surface area contributed by atoms with E-state index in [1.165, 1.54) is 0 Å². The maximum atomic E-state index is 5.68. The summed E-state index contributed by atoms with van der Waals surface area (Å²) in [5.74, 6) is 0. The van der Waals surface area contributed by atoms with Crippen LogP contribution in [0.15, 0.2) is 12.4 Å². The Morgan fingerprint density at radius 3 is 2.40 bits per heavy atom. The van der Waals surface area contributed by atoms with Gasteiger partial charge in [0, 0.05) is 44.2 Å². The normalized spacial score (nSPS) is 10.9. The molecule has 2 aromatic heterocycles. The molecule has 15 heavy (non-hydrogen) atoms. The van der Waals surface area contributed by atoms with Crippen LogP contribution >= 0.6 is 0 Å². The highest BCUT2D eigenvalue weighted by Gasteiger charge is 2.13. The molecule has 80 valence electrons. The van der Waals surface area contributed by atoms with Crippen LogP contribution in [0, 0.1) is 6.92 Å². The van der Waals surface area contributed by atoms with Crippen LogP contribution in [0.1, 0.15) is 11.3 Å². The van der Waals surface area contributed by atoms with Crippen LogP contribution in [0.2, 0.25) is 0 Å². The van der Waals surface area contributed by atoms with Crippen LogP contribution in [0.5, 0.6) is 0 Å². The number of hydrogen-bond acceptors (Lipinski definition) is 3. The summed E-state index contributed by atoms with van der Waals surface area (Å²) in [6.07, 6.45) is 3.92. The van der Waals surface area contributed by atoms with Crippen LogP contribution in [-0.4, -0.2) is 19.6 Å². The first-order valence-corrected chi connectivity index (χ1v) is 4.85. The lowest BCUT2D eigenvalue weighted by molar-refractivity contribution is 0.756. The van der Waals surface area contributed by atoms with Crippen molar-refractivity contribution in [1.82, 2.24) is 19.6 Å². The molecule has 0 aliphatic carbocycles. The van der Waals surface area contributed by atoms with E-state index in [1.807, 2.05) is 33.4 Å². The van der Waals surface area contributed by atoms with Gasteiger partial charge in [0.2, 0.25) is 0 Å². The van der Waals surface area contributed by atoms with Crippen molar-refractivity contribution in [2.75, 3.05) is 0 Å². The molecule has 2 heterocycles. The quantitative estimate of drug-likeness (QED) is 0.780. The molecule has 0 amide bonds. The van der Waals surface area contributed by atoms with E-state index in [0.717, 1.165) is 22.5 Å². The highest BCUT2D eigenvalue weighted by Crippen LogP contribution is 2.23. The van der Waals surface area contributed by atoms with Gasteiger partial charge in [-0.25, -0.2) is 0 Å². The molecule has 0 saturated carbocycles. The number of nitrogens with zero attached hydrogens (tertiary/aromatic N) is 4. The number of nitrogens with two attached hydrogens (primary N) is 1. The Hall–Kier alpha value is -1.62. The molecule has 0 bridgehead atoms. The standard InChI is InChI=1S/C10H15N5/c1-7-9(6-15(3)12-7)10-8(4-11)5-14(2)13-10/h5-6H,4,11H2,1-3H3. The third kappa shape index (κ3) is 1.66. The average Bonchev–Trinajstić information content (AvgIpc) is 2.69. The summed E-state index contributed by atoms with van der Waals surface area (Å²) < 4.78 is 3.57. The SMILES string of the molecule is Cc1nn(C)cc1-c1nn(C)cc1CN. The molecule has 0 saturated heterocycles. The summed E-state index contributed by atoms with van der Waals surface area (Å²) in [5.41, 5.74) is 9.69. The molecule has 0 aliphatic rings. The van der Waals surface area contributed by atoms with E-state index in [1.54, 1.807) is 9.36 Å². The van der Waals surface area contributed by atoms with E-state index in [-0.39, 0.29) is 0 Å². The number of aromatic nitrogens is 4. The first-order valence-electron chi connectivity index (χ1n) is 4.85. The van der Waals surface area contributed by atoms with Crippen molar-refractivity contribution in [2.45, 2.75) is 13.5 Å². The van der Waals surface area contributed by atoms with Crippen molar-refractivity contribution in [3.05, 3.63) is 23.7 Å². The van der Waals surface area contributed by atoms with Gasteiger partial charge in [0.25, 0.3) is 0 Å². The summed E-state index contributed by atoms with van der Waals surface area (Å²) in [7, 11) is 3.80. The van der Waals surface area contributed by atoms with Crippen LogP contribution in [0.4, 0.5) is 0 Å². The van der Waals surface area contributed by atoms with Crippen molar-refractivity contribution in [3.8, 4) is 11.3 Å². The number of rotatable bonds is 2. The zero-order valence-electron chi connectivity index (χ0n) is 9.23. The van der Waals surface area contributed by atoms with Crippen molar-refractivity contribution in [3.63, 3.8) is 0 Å². The third-order valence-corrected chi connectivity index (χ3v) is 2.39. The minimum absolute atomic E-state index is 0.498. The minimum atomic E-state index is 0.498. The average molecular weight is 205 g/mol. The Bertz CT molecular complexity index is 480. The Kier molecular flexibility index (Phi) is 2.32. The third-order valence-electron chi connectivity index (χ3n) is 2.39. The van der Waals surface area contributed by atoms with Crippen LogP contribution in [0.3, 0.4) is 0 Å². The molecular weight excluding hydrogens is 190 g/mol. The summed E-state index contributed by atoms with van der Waals surface area (Å²) in [4.78, 5) is 0. The van der Waals surface area contributed by atoms with E-state index in [4.69, 9.17) is 5.73 Å². The van der Waals surface area contributed by atoms with Crippen molar-refractivity contribution < 1.29 is 0 Å². The van der Waals surface area contributed by atoms with Gasteiger partial charge in [-0.05, 0) is 6.92 Å². The van der Waals surface area contributed by atoms with Gasteiger partial charge in [0.1, 0.15) is 5.69 Å². The van der Waals surface area contributed by atoms with Gasteiger partial charge in [-0.15, -0.1) is 0 Å². The Labute approximate surface area is 88.5 Å². The lowest BCUT2D eigenvalue weighted by Crippen LogP contribution is -1.96. The molecule has 0 aliphatic heterocycles. The predicted molar refractivity (Wildman–Crippen MR) is 58.0 cm³/mol. The molecule has 0 spiro atoms. The maximum absolute atomic E-state index is 5.68. The van der Waals surface area contributed by atoms with Crippen LogP contribution in [0.25, 0.3) is 11.3 Å². The van der Waals surface area contributed by atoms with E-state index in [9.17, 15) is 0 Å². The number of aryl methyl sites for hydroxylation is 3. The second-order valence-corrected chi connectivity index (χ2v) is 3.68. The van der Waals surface area contributed by atoms with Gasteiger partial charge < -0.3 is 5.73 Å². The minimum Gasteiger partial charge on any atom is -0.326 e. The molecule has 2 N–H and O–H groups in total. The highest BCUT2D eigenvalue weighted by atomic mass is 15.3. The first kappa shape index (κ1) is 9.92. The van der Waals surface area contributed by atoms with E-state index >= 15 is 0 Å². The molecular formula is C10H15N5. The van der Waals surface area contributed by atoms with E-state index in [2.05, 4.69) is 10.2 Å². The zero-order valence-corrected chi connectivity index (χ0v) is 9.23. The summed E-state index contributed by atoms with van der Waals surface area (Å²) >= 11 is 0. The lowest BCUT2D eigenvalue weighted by atomic mass is 10.1. The van der Waals surface area contributed by atoms with Gasteiger partial charge in [-0.2, -0.15) is 10.2 Å². The van der Waals surface area contributed by atoms with Crippen molar-refractivity contribution >= 4 is 0 Å². The van der Waals surface area contributed by atoms with Crippen molar-refractivity contribution in [1.29, 1.82) is 0 Å². The van der Waals surface area contributed by atoms with Crippen molar-refractivity contribution in [2.24, 2.45) is 19.8 Å². The monoisotopic (exact) mass is 205 g/mol. The lowest BCUT2D eigenvalue weighted by Gasteiger charge is -1.96. The predicted octanol–water partition coefficient (Wildman–Crippen LogP) is 0.588. The smallest absolute Gasteiger partial charge is 0.100 e. The first-order chi connectivity index (χ1) is 7.11. The topological polar surface area (TPSA) is 61.7 Å². The van der Waals surface area contributed by atoms with Crippen LogP contribution in [-0.2, 0) is 20.6 Å². The van der Waals surface area contributed by atoms with Gasteiger partial charge in [0.05, 0.1) is 5.69 Å². The van der Waals surface area contributed by atoms with E-state index < -0.39 is 0 Å². The molecule has 0 radical (unpaired) electrons. The van der Waals surface area contributed by atoms with Gasteiger partial charge in [-0.1, -0.05) is 0 Å². The fourth-order valence-corrected chi connectivity index (χ4v) is 1.75. The Morgan fingerprint density at radius 2 is 1.87 bits per heavy atom. The molecule has 5 nitrogen and oxygen atoms in total. The molecule has 0 aromatic carbocycles. The molecule has 0 atom stereocenters. The van der Waals surface area contributed by atoms with Gasteiger partial charge in [-0.3, -0.25) is 9.36 Å². The fourth-order valence-electron chi connectivity index (χ4n) is 1.75. The largest absolute Gasteiger partial charge is 0.326 e. The highest BCUT2D eigenvalue weighted by molar-refractivity contribution is 5.64. The molecule has 5 heteroatoms. The summed E-state index contributed by atoms with van der Waals surface area (Å²) in [5, 5.41) is 8.71. The summed E-state index contributed by atoms with van der Waals surface area (Å²) in [6, 6.07) is 0. The summed E-state index contributed by atoms with van der Waals surface area (Å²) in [6.45, 7) is 2.47. The second-order valence-electron chi connectivity index (χ2n) is 3.68.